The van der Waals surface area contributed by atoms with Crippen molar-refractivity contribution < 1.29 is 14.1 Å². The number of carbonyl (C=O) groups excluding carboxylic acids is 1. The molecule has 150 valence electrons. The molecule has 3 N–H and O–H groups in total. The number of quaternary nitrogens is 1. The minimum atomic E-state index is -0.253. The molecule has 1 amide bonds. The van der Waals surface area contributed by atoms with Gasteiger partial charge in [0.15, 0.2) is 6.04 Å². The van der Waals surface area contributed by atoms with E-state index in [1.165, 1.54) is 36.3 Å². The summed E-state index contributed by atoms with van der Waals surface area (Å²) in [4.78, 5) is 12.9. The third-order valence-electron chi connectivity index (χ3n) is 6.34. The summed E-state index contributed by atoms with van der Waals surface area (Å²) in [5.74, 6) is 0.305. The molecule has 0 bridgehead atoms. The van der Waals surface area contributed by atoms with Gasteiger partial charge >= 0.3 is 0 Å². The van der Waals surface area contributed by atoms with Gasteiger partial charge in [-0.1, -0.05) is 19.3 Å². The normalized spacial score (nSPS) is 24.8. The molecule has 2 fully saturated rings. The number of nitrogens with zero attached hydrogens (tertiary/aromatic N) is 4. The van der Waals surface area contributed by atoms with Gasteiger partial charge in [-0.2, -0.15) is 0 Å². The van der Waals surface area contributed by atoms with Crippen LogP contribution >= 0.6 is 0 Å². The number of nitrogens with two attached hydrogens (primary N) is 1. The molecule has 0 unspecified atom stereocenters. The molecule has 1 aliphatic heterocycles. The van der Waals surface area contributed by atoms with E-state index >= 15 is 0 Å². The molecule has 1 aliphatic carbocycles. The monoisotopic (exact) mass is 387 g/mol. The predicted octanol–water partition coefficient (Wildman–Crippen LogP) is 1.19. The Morgan fingerprint density at radius 2 is 1.79 bits per heavy atom. The Kier molecular flexibility index (Phi) is 5.66. The molecule has 2 heterocycles. The second-order valence-corrected chi connectivity index (χ2v) is 8.09. The quantitative estimate of drug-likeness (QED) is 0.806. The van der Waals surface area contributed by atoms with Gasteiger partial charge in [-0.3, -0.25) is 4.79 Å². The Balaban J connectivity index is 1.65. The molecule has 2 aliphatic rings. The molecule has 1 aromatic carbocycles. The number of carbonyl (C=O) groups is 1. The van der Waals surface area contributed by atoms with Crippen molar-refractivity contribution in [2.45, 2.75) is 57.0 Å². The van der Waals surface area contributed by atoms with Crippen molar-refractivity contribution in [3.05, 3.63) is 41.5 Å². The van der Waals surface area contributed by atoms with Crippen LogP contribution in [-0.2, 0) is 4.79 Å². The maximum absolute atomic E-state index is 13.5. The van der Waals surface area contributed by atoms with Crippen LogP contribution in [0.2, 0.25) is 0 Å². The van der Waals surface area contributed by atoms with Crippen LogP contribution in [0.25, 0.3) is 0 Å². The van der Waals surface area contributed by atoms with Gasteiger partial charge in [-0.05, 0) is 47.5 Å². The average molecular weight is 387 g/mol. The van der Waals surface area contributed by atoms with E-state index < -0.39 is 0 Å². The number of nitrogens with one attached hydrogen (secondary N) is 1. The van der Waals surface area contributed by atoms with E-state index in [2.05, 4.69) is 15.5 Å². The van der Waals surface area contributed by atoms with Gasteiger partial charge in [0.05, 0.1) is 19.1 Å². The van der Waals surface area contributed by atoms with E-state index in [4.69, 9.17) is 5.73 Å². The summed E-state index contributed by atoms with van der Waals surface area (Å²) in [7, 11) is 0. The fraction of sp³-hybridized carbons (Fsp3) is 0.600. The van der Waals surface area contributed by atoms with Crippen LogP contribution in [0.15, 0.2) is 24.3 Å². The van der Waals surface area contributed by atoms with Crippen LogP contribution in [0.3, 0.4) is 0 Å². The average Bonchev–Trinajstić information content (AvgIpc) is 3.20. The van der Waals surface area contributed by atoms with Crippen LogP contribution in [0.4, 0.5) is 4.39 Å². The highest BCUT2D eigenvalue weighted by Crippen LogP contribution is 2.30. The molecule has 1 aromatic heterocycles. The molecule has 1 saturated heterocycles. The maximum atomic E-state index is 13.5. The molecular formula is C20H28FN6O+. The van der Waals surface area contributed by atoms with Crippen molar-refractivity contribution >= 4 is 5.91 Å². The van der Waals surface area contributed by atoms with E-state index in [0.29, 0.717) is 6.04 Å². The zero-order valence-corrected chi connectivity index (χ0v) is 16.1. The number of amides is 1. The number of piperidine rings is 1. The van der Waals surface area contributed by atoms with Crippen LogP contribution in [-0.4, -0.2) is 39.2 Å². The van der Waals surface area contributed by atoms with Crippen molar-refractivity contribution in [2.24, 2.45) is 11.7 Å². The van der Waals surface area contributed by atoms with Gasteiger partial charge in [0.25, 0.3) is 0 Å². The molecule has 0 radical (unpaired) electrons. The van der Waals surface area contributed by atoms with E-state index in [0.717, 1.165) is 50.2 Å². The molecule has 1 saturated carbocycles. The van der Waals surface area contributed by atoms with Crippen molar-refractivity contribution in [1.29, 1.82) is 0 Å². The van der Waals surface area contributed by atoms with Crippen LogP contribution in [0, 0.1) is 11.7 Å². The number of halogens is 1. The third kappa shape index (κ3) is 3.92. The van der Waals surface area contributed by atoms with Crippen LogP contribution in [0.5, 0.6) is 0 Å². The predicted molar refractivity (Wildman–Crippen MR) is 101 cm³/mol. The third-order valence-corrected chi connectivity index (χ3v) is 6.34. The Bertz CT molecular complexity index is 793. The summed E-state index contributed by atoms with van der Waals surface area (Å²) < 4.78 is 15.5. The van der Waals surface area contributed by atoms with Crippen molar-refractivity contribution in [3.63, 3.8) is 0 Å². The van der Waals surface area contributed by atoms with E-state index in [9.17, 15) is 9.18 Å². The zero-order valence-electron chi connectivity index (χ0n) is 16.1. The van der Waals surface area contributed by atoms with Gasteiger partial charge in [-0.25, -0.2) is 9.07 Å². The lowest BCUT2D eigenvalue weighted by molar-refractivity contribution is -0.931. The molecule has 0 spiro atoms. The summed E-state index contributed by atoms with van der Waals surface area (Å²) in [5.41, 5.74) is 6.51. The molecular weight excluding hydrogens is 359 g/mol. The summed E-state index contributed by atoms with van der Waals surface area (Å²) in [6.07, 6.45) is 7.35. The minimum Gasteiger partial charge on any atom is -0.369 e. The maximum Gasteiger partial charge on any atom is 0.220 e. The number of primary amides is 1. The van der Waals surface area contributed by atoms with Crippen LogP contribution < -0.4 is 10.6 Å². The topological polar surface area (TPSA) is 91.1 Å². The van der Waals surface area contributed by atoms with Gasteiger partial charge in [0.1, 0.15) is 5.82 Å². The van der Waals surface area contributed by atoms with E-state index in [1.54, 1.807) is 0 Å². The lowest BCUT2D eigenvalue weighted by atomic mass is 9.92. The second-order valence-electron chi connectivity index (χ2n) is 8.09. The Hall–Kier alpha value is -2.35. The highest BCUT2D eigenvalue weighted by atomic mass is 19.1. The first-order valence-electron chi connectivity index (χ1n) is 10.3. The number of aromatic nitrogens is 4. The van der Waals surface area contributed by atoms with Gasteiger partial charge < -0.3 is 10.6 Å². The molecule has 1 atom stereocenters. The Labute approximate surface area is 164 Å². The number of rotatable bonds is 5. The molecule has 7 nitrogen and oxygen atoms in total. The highest BCUT2D eigenvalue weighted by molar-refractivity contribution is 5.76. The summed E-state index contributed by atoms with van der Waals surface area (Å²) in [6, 6.07) is 6.88. The van der Waals surface area contributed by atoms with Gasteiger partial charge in [0, 0.05) is 24.3 Å². The van der Waals surface area contributed by atoms with Gasteiger partial charge in [0.2, 0.25) is 11.7 Å². The Morgan fingerprint density at radius 3 is 2.43 bits per heavy atom. The number of hydrogen-bond donors (Lipinski definition) is 2. The smallest absolute Gasteiger partial charge is 0.220 e. The second kappa shape index (κ2) is 8.34. The van der Waals surface area contributed by atoms with E-state index in [1.807, 2.05) is 16.8 Å². The molecule has 4 rings (SSSR count). The summed E-state index contributed by atoms with van der Waals surface area (Å²) in [6.45, 7) is 1.63. The first-order valence-corrected chi connectivity index (χ1v) is 10.3. The summed E-state index contributed by atoms with van der Waals surface area (Å²) >= 11 is 0. The molecule has 8 heteroatoms. The minimum absolute atomic E-state index is 0.0630. The largest absolute Gasteiger partial charge is 0.369 e. The molecule has 2 aromatic rings. The number of hydrogen-bond acceptors (Lipinski definition) is 4. The van der Waals surface area contributed by atoms with Crippen LogP contribution in [0.1, 0.15) is 68.4 Å². The zero-order chi connectivity index (χ0) is 19.5. The first-order chi connectivity index (χ1) is 13.6. The fourth-order valence-corrected chi connectivity index (χ4v) is 4.76. The number of benzene rings is 1. The lowest BCUT2D eigenvalue weighted by Crippen LogP contribution is -3.13. The van der Waals surface area contributed by atoms with E-state index in [-0.39, 0.29) is 23.7 Å². The fourth-order valence-electron chi connectivity index (χ4n) is 4.76. The lowest BCUT2D eigenvalue weighted by Gasteiger charge is -2.34. The van der Waals surface area contributed by atoms with Crippen molar-refractivity contribution in [1.82, 2.24) is 20.2 Å². The number of tetrazole rings is 1. The molecule has 28 heavy (non-hydrogen) atoms. The van der Waals surface area contributed by atoms with Crippen molar-refractivity contribution in [3.8, 4) is 0 Å². The Morgan fingerprint density at radius 1 is 1.11 bits per heavy atom. The van der Waals surface area contributed by atoms with Crippen molar-refractivity contribution in [2.75, 3.05) is 13.1 Å². The SMILES string of the molecule is NC(=O)C1CC[NH+]([C@H](c2ccc(F)cc2)c2nnnn2C2CCCCC2)CC1. The highest BCUT2D eigenvalue weighted by Gasteiger charge is 2.37. The standard InChI is InChI=1S/C20H27FN6O/c21-16-8-6-14(7-9-16)18(26-12-10-15(11-13-26)19(22)28)20-23-24-25-27(20)17-4-2-1-3-5-17/h6-9,15,17-18H,1-5,10-13H2,(H2,22,28)/p+1/t18-/m1/s1. The number of likely N-dealkylation sites (tertiary alicyclic amines) is 1. The summed E-state index contributed by atoms with van der Waals surface area (Å²) in [5, 5.41) is 12.8. The first kappa shape index (κ1) is 19.0. The van der Waals surface area contributed by atoms with Gasteiger partial charge in [-0.15, -0.1) is 5.10 Å².